The average molecular weight is 495 g/mol. The molecular formula is C21H19ClN2O6S2. The normalized spacial score (nSPS) is 14.4. The van der Waals surface area contributed by atoms with Gasteiger partial charge in [-0.15, -0.1) is 0 Å². The van der Waals surface area contributed by atoms with Crippen LogP contribution >= 0.6 is 35.6 Å². The number of halogens is 1. The van der Waals surface area contributed by atoms with Crippen molar-refractivity contribution in [2.24, 2.45) is 0 Å². The minimum Gasteiger partial charge on any atom is -0.493 e. The highest BCUT2D eigenvalue weighted by atomic mass is 35.5. The van der Waals surface area contributed by atoms with E-state index in [9.17, 15) is 14.9 Å². The highest BCUT2D eigenvalue weighted by Crippen LogP contribution is 2.40. The highest BCUT2D eigenvalue weighted by molar-refractivity contribution is 8.26. The monoisotopic (exact) mass is 494 g/mol. The Bertz CT molecular complexity index is 1060. The summed E-state index contributed by atoms with van der Waals surface area (Å²) in [6, 6.07) is 9.89. The van der Waals surface area contributed by atoms with Crippen LogP contribution < -0.4 is 19.5 Å². The molecule has 0 saturated carbocycles. The van der Waals surface area contributed by atoms with E-state index in [-0.39, 0.29) is 36.3 Å². The average Bonchev–Trinajstić information content (AvgIpc) is 3.06. The Hall–Kier alpha value is -2.82. The van der Waals surface area contributed by atoms with Gasteiger partial charge in [-0.1, -0.05) is 35.6 Å². The molecule has 0 aliphatic carbocycles. The van der Waals surface area contributed by atoms with Crippen LogP contribution in [0.4, 0.5) is 5.69 Å². The fraction of sp³-hybridized carbons (Fsp3) is 0.238. The van der Waals surface area contributed by atoms with E-state index in [1.807, 2.05) is 0 Å². The Morgan fingerprint density at radius 2 is 1.91 bits per heavy atom. The Kier molecular flexibility index (Phi) is 8.32. The lowest BCUT2D eigenvalue weighted by Gasteiger charge is -2.13. The lowest BCUT2D eigenvalue weighted by Crippen LogP contribution is -2.17. The number of carbonyl (C=O) groups excluding carboxylic acids is 1. The zero-order chi connectivity index (χ0) is 23.1. The summed E-state index contributed by atoms with van der Waals surface area (Å²) in [6.45, 7) is 2.59. The van der Waals surface area contributed by atoms with Gasteiger partial charge in [-0.3, -0.25) is 14.9 Å². The van der Waals surface area contributed by atoms with Gasteiger partial charge >= 0.3 is 5.69 Å². The number of rotatable bonds is 10. The molecule has 0 spiro atoms. The van der Waals surface area contributed by atoms with Crippen molar-refractivity contribution in [3.63, 3.8) is 0 Å². The molecule has 3 rings (SSSR count). The number of benzene rings is 2. The molecule has 0 atom stereocenters. The minimum atomic E-state index is -0.545. The smallest absolute Gasteiger partial charge is 0.315 e. The predicted molar refractivity (Wildman–Crippen MR) is 128 cm³/mol. The molecule has 1 fully saturated rings. The molecule has 1 aliphatic rings. The summed E-state index contributed by atoms with van der Waals surface area (Å²) in [4.78, 5) is 23.4. The second-order valence-electron chi connectivity index (χ2n) is 6.41. The van der Waals surface area contributed by atoms with Gasteiger partial charge in [0.05, 0.1) is 29.6 Å². The van der Waals surface area contributed by atoms with Crippen LogP contribution in [0.5, 0.6) is 17.2 Å². The van der Waals surface area contributed by atoms with E-state index in [1.54, 1.807) is 37.3 Å². The number of thioether (sulfide) groups is 1. The van der Waals surface area contributed by atoms with Gasteiger partial charge in [-0.2, -0.15) is 0 Å². The van der Waals surface area contributed by atoms with E-state index in [1.165, 1.54) is 12.1 Å². The van der Waals surface area contributed by atoms with Crippen LogP contribution in [0.2, 0.25) is 5.02 Å². The van der Waals surface area contributed by atoms with Crippen molar-refractivity contribution in [1.82, 2.24) is 5.32 Å². The second-order valence-corrected chi connectivity index (χ2v) is 8.57. The number of amides is 1. The fourth-order valence-electron chi connectivity index (χ4n) is 2.76. The molecular weight excluding hydrogens is 476 g/mol. The Morgan fingerprint density at radius 3 is 2.53 bits per heavy atom. The molecule has 1 N–H and O–H groups in total. The third kappa shape index (κ3) is 6.35. The summed E-state index contributed by atoms with van der Waals surface area (Å²) in [6.07, 6.45) is 2.02. The molecule has 0 radical (unpaired) electrons. The van der Waals surface area contributed by atoms with Crippen molar-refractivity contribution in [3.05, 3.63) is 62.0 Å². The molecule has 32 heavy (non-hydrogen) atoms. The molecule has 1 saturated heterocycles. The first-order chi connectivity index (χ1) is 15.4. The highest BCUT2D eigenvalue weighted by Gasteiger charge is 2.25. The summed E-state index contributed by atoms with van der Waals surface area (Å²) in [5.41, 5.74) is 0.174. The van der Waals surface area contributed by atoms with E-state index in [4.69, 9.17) is 38.0 Å². The summed E-state index contributed by atoms with van der Waals surface area (Å²) < 4.78 is 17.2. The molecule has 1 amide bonds. The first-order valence-electron chi connectivity index (χ1n) is 9.58. The molecule has 1 aliphatic heterocycles. The SMILES string of the molecule is CCOc1cc(C=C2SC(=S)NC2=O)cc([N+](=O)[O-])c1OCCCOc1ccc(Cl)cc1. The van der Waals surface area contributed by atoms with Crippen LogP contribution in [0, 0.1) is 10.1 Å². The van der Waals surface area contributed by atoms with Gasteiger partial charge in [0.1, 0.15) is 10.1 Å². The number of hydrogen-bond acceptors (Lipinski definition) is 8. The van der Waals surface area contributed by atoms with Gasteiger partial charge < -0.3 is 19.5 Å². The van der Waals surface area contributed by atoms with E-state index < -0.39 is 4.92 Å². The van der Waals surface area contributed by atoms with Crippen LogP contribution in [0.25, 0.3) is 6.08 Å². The minimum absolute atomic E-state index is 0.0320. The standard InChI is InChI=1S/C21H19ClN2O6S2/c1-2-28-17-11-13(12-18-20(25)23-21(31)32-18)10-16(24(26)27)19(17)30-9-3-8-29-15-6-4-14(22)5-7-15/h4-7,10-12H,2-3,8-9H2,1H3,(H,23,25,31). The van der Waals surface area contributed by atoms with Crippen LogP contribution in [-0.4, -0.2) is 35.0 Å². The number of hydrogen-bond donors (Lipinski definition) is 1. The molecule has 0 unspecified atom stereocenters. The quantitative estimate of drug-likeness (QED) is 0.162. The number of nitrogens with zero attached hydrogens (tertiary/aromatic N) is 1. The molecule has 168 valence electrons. The van der Waals surface area contributed by atoms with Crippen LogP contribution in [-0.2, 0) is 4.79 Å². The van der Waals surface area contributed by atoms with Gasteiger partial charge in [0.2, 0.25) is 5.75 Å². The second kappa shape index (κ2) is 11.2. The zero-order valence-corrected chi connectivity index (χ0v) is 19.3. The van der Waals surface area contributed by atoms with Crippen LogP contribution in [0.15, 0.2) is 41.3 Å². The van der Waals surface area contributed by atoms with E-state index >= 15 is 0 Å². The number of nitro benzene ring substituents is 1. The molecule has 11 heteroatoms. The molecule has 2 aromatic carbocycles. The first kappa shape index (κ1) is 23.8. The molecule has 2 aromatic rings. The van der Waals surface area contributed by atoms with Crippen molar-refractivity contribution in [1.29, 1.82) is 0 Å². The largest absolute Gasteiger partial charge is 0.493 e. The lowest BCUT2D eigenvalue weighted by molar-refractivity contribution is -0.386. The van der Waals surface area contributed by atoms with E-state index in [0.717, 1.165) is 11.8 Å². The van der Waals surface area contributed by atoms with Gasteiger partial charge in [-0.05, 0) is 48.9 Å². The zero-order valence-electron chi connectivity index (χ0n) is 17.0. The first-order valence-corrected chi connectivity index (χ1v) is 11.2. The van der Waals surface area contributed by atoms with Crippen molar-refractivity contribution >= 4 is 57.6 Å². The number of ether oxygens (including phenoxy) is 3. The molecule has 0 aromatic heterocycles. The van der Waals surface area contributed by atoms with Gasteiger partial charge in [-0.25, -0.2) is 0 Å². The Labute approximate surface area is 199 Å². The van der Waals surface area contributed by atoms with Gasteiger partial charge in [0.15, 0.2) is 5.75 Å². The van der Waals surface area contributed by atoms with Crippen LogP contribution in [0.1, 0.15) is 18.9 Å². The van der Waals surface area contributed by atoms with Crippen molar-refractivity contribution in [2.45, 2.75) is 13.3 Å². The summed E-state index contributed by atoms with van der Waals surface area (Å²) in [5, 5.41) is 14.8. The van der Waals surface area contributed by atoms with Gasteiger partial charge in [0.25, 0.3) is 5.91 Å². The molecule has 8 nitrogen and oxygen atoms in total. The summed E-state index contributed by atoms with van der Waals surface area (Å²) in [5.74, 6) is 0.574. The van der Waals surface area contributed by atoms with Crippen LogP contribution in [0.3, 0.4) is 0 Å². The molecule has 0 bridgehead atoms. The topological polar surface area (TPSA) is 99.9 Å². The van der Waals surface area contributed by atoms with Gasteiger partial charge in [0, 0.05) is 17.5 Å². The number of carbonyl (C=O) groups is 1. The number of thiocarbonyl (C=S) groups is 1. The maximum absolute atomic E-state index is 11.9. The van der Waals surface area contributed by atoms with Crippen molar-refractivity contribution in [3.8, 4) is 17.2 Å². The Morgan fingerprint density at radius 1 is 1.19 bits per heavy atom. The maximum atomic E-state index is 11.9. The summed E-state index contributed by atoms with van der Waals surface area (Å²) >= 11 is 11.9. The number of nitrogens with one attached hydrogen (secondary N) is 1. The number of nitro groups is 1. The van der Waals surface area contributed by atoms with Crippen molar-refractivity contribution in [2.75, 3.05) is 19.8 Å². The predicted octanol–water partition coefficient (Wildman–Crippen LogP) is 4.98. The third-order valence-corrected chi connectivity index (χ3v) is 5.53. The van der Waals surface area contributed by atoms with E-state index in [0.29, 0.717) is 38.6 Å². The lowest BCUT2D eigenvalue weighted by atomic mass is 10.1. The van der Waals surface area contributed by atoms with Crippen molar-refractivity contribution < 1.29 is 23.9 Å². The third-order valence-electron chi connectivity index (χ3n) is 4.11. The fourth-order valence-corrected chi connectivity index (χ4v) is 3.93. The van der Waals surface area contributed by atoms with E-state index in [2.05, 4.69) is 5.32 Å². The Balaban J connectivity index is 1.73. The summed E-state index contributed by atoms with van der Waals surface area (Å²) in [7, 11) is 0. The molecule has 1 heterocycles. The maximum Gasteiger partial charge on any atom is 0.315 e.